The Bertz CT molecular complexity index is 1170. The number of para-hydroxylation sites is 2. The summed E-state index contributed by atoms with van der Waals surface area (Å²) in [5.74, 6) is 0.471. The van der Waals surface area contributed by atoms with Crippen molar-refractivity contribution in [3.8, 4) is 11.5 Å². The molecule has 0 fully saturated rings. The van der Waals surface area contributed by atoms with Crippen LogP contribution >= 0.6 is 23.2 Å². The third-order valence-electron chi connectivity index (χ3n) is 5.26. The number of carbonyl (C=O) groups is 2. The van der Waals surface area contributed by atoms with Gasteiger partial charge in [0, 0.05) is 27.0 Å². The lowest BCUT2D eigenvalue weighted by Crippen LogP contribution is -2.33. The number of aryl methyl sites for hydroxylation is 1. The van der Waals surface area contributed by atoms with Crippen molar-refractivity contribution in [2.75, 3.05) is 13.2 Å². The van der Waals surface area contributed by atoms with Crippen LogP contribution in [0.2, 0.25) is 10.0 Å². The minimum atomic E-state index is -0.664. The molecule has 0 radical (unpaired) electrons. The van der Waals surface area contributed by atoms with Crippen LogP contribution in [0.1, 0.15) is 32.1 Å². The number of aromatic nitrogens is 1. The number of ether oxygens (including phenoxy) is 3. The lowest BCUT2D eigenvalue weighted by atomic mass is 10.1. The van der Waals surface area contributed by atoms with E-state index in [0.29, 0.717) is 34.5 Å². The number of nitrogens with zero attached hydrogens (tertiary/aromatic N) is 1. The monoisotopic (exact) mass is 473 g/mol. The van der Waals surface area contributed by atoms with Gasteiger partial charge in [0.15, 0.2) is 24.2 Å². The highest BCUT2D eigenvalue weighted by molar-refractivity contribution is 6.35. The van der Waals surface area contributed by atoms with Gasteiger partial charge >= 0.3 is 5.97 Å². The molecule has 0 bridgehead atoms. The van der Waals surface area contributed by atoms with E-state index in [1.165, 1.54) is 18.2 Å². The van der Waals surface area contributed by atoms with E-state index >= 15 is 0 Å². The average molecular weight is 474 g/mol. The van der Waals surface area contributed by atoms with E-state index in [4.69, 9.17) is 37.4 Å². The maximum absolute atomic E-state index is 12.8. The molecule has 1 aromatic heterocycles. The number of rotatable bonds is 6. The Morgan fingerprint density at radius 2 is 1.75 bits per heavy atom. The van der Waals surface area contributed by atoms with E-state index < -0.39 is 5.97 Å². The van der Waals surface area contributed by atoms with Crippen molar-refractivity contribution in [3.63, 3.8) is 0 Å². The molecular weight excluding hydrogens is 453 g/mol. The van der Waals surface area contributed by atoms with Gasteiger partial charge < -0.3 is 18.8 Å². The Kier molecular flexibility index (Phi) is 6.44. The molecule has 166 valence electrons. The summed E-state index contributed by atoms with van der Waals surface area (Å²) in [7, 11) is 0. The number of hydrogen-bond donors (Lipinski definition) is 0. The Morgan fingerprint density at radius 1 is 1.06 bits per heavy atom. The second-order valence-electron chi connectivity index (χ2n) is 7.55. The molecule has 0 amide bonds. The van der Waals surface area contributed by atoms with Crippen LogP contribution in [0.5, 0.6) is 11.5 Å². The zero-order valence-corrected chi connectivity index (χ0v) is 19.1. The van der Waals surface area contributed by atoms with E-state index in [9.17, 15) is 9.59 Å². The molecule has 8 heteroatoms. The maximum Gasteiger partial charge on any atom is 0.338 e. The Labute approximate surface area is 195 Å². The van der Waals surface area contributed by atoms with Crippen molar-refractivity contribution in [1.82, 2.24) is 4.57 Å². The van der Waals surface area contributed by atoms with Crippen LogP contribution in [0.4, 0.5) is 0 Å². The van der Waals surface area contributed by atoms with Gasteiger partial charge in [-0.25, -0.2) is 4.79 Å². The first-order valence-electron chi connectivity index (χ1n) is 10.0. The first kappa shape index (κ1) is 22.2. The van der Waals surface area contributed by atoms with Gasteiger partial charge in [-0.3, -0.25) is 4.79 Å². The van der Waals surface area contributed by atoms with E-state index in [0.717, 1.165) is 17.1 Å². The van der Waals surface area contributed by atoms with Crippen LogP contribution in [-0.2, 0) is 11.3 Å². The molecule has 4 rings (SSSR count). The van der Waals surface area contributed by atoms with Crippen LogP contribution in [0.3, 0.4) is 0 Å². The lowest BCUT2D eigenvalue weighted by molar-refractivity contribution is 0.0474. The standard InChI is InChI=1S/C24H21Cl2NO5/c1-14-7-20(21(28)13-31-24(29)16-8-17(25)10-18(26)9-16)15(2)27(14)11-19-12-30-22-5-3-4-6-23(22)32-19/h3-10,19H,11-13H2,1-2H3. The topological polar surface area (TPSA) is 66.8 Å². The van der Waals surface area contributed by atoms with Crippen molar-refractivity contribution in [2.45, 2.75) is 26.5 Å². The molecule has 0 aliphatic carbocycles. The number of hydrogen-bond acceptors (Lipinski definition) is 5. The molecule has 0 N–H and O–H groups in total. The largest absolute Gasteiger partial charge is 0.486 e. The van der Waals surface area contributed by atoms with Crippen LogP contribution in [0.25, 0.3) is 0 Å². The Hall–Kier alpha value is -2.96. The highest BCUT2D eigenvalue weighted by Crippen LogP contribution is 2.31. The first-order chi connectivity index (χ1) is 15.3. The molecule has 0 saturated heterocycles. The van der Waals surface area contributed by atoms with Gasteiger partial charge in [-0.2, -0.15) is 0 Å². The summed E-state index contributed by atoms with van der Waals surface area (Å²) in [6.07, 6.45) is -0.192. The zero-order chi connectivity index (χ0) is 22.8. The molecule has 2 aromatic carbocycles. The maximum atomic E-state index is 12.8. The predicted octanol–water partition coefficient (Wildman–Crippen LogP) is 5.29. The van der Waals surface area contributed by atoms with E-state index in [1.54, 1.807) is 6.07 Å². The number of carbonyl (C=O) groups excluding carboxylic acids is 2. The van der Waals surface area contributed by atoms with Gasteiger partial charge in [-0.05, 0) is 50.2 Å². The SMILES string of the molecule is Cc1cc(C(=O)COC(=O)c2cc(Cl)cc(Cl)c2)c(C)n1CC1COc2ccccc2O1. The average Bonchev–Trinajstić information content (AvgIpc) is 3.05. The number of benzene rings is 2. The molecule has 2 heterocycles. The second kappa shape index (κ2) is 9.27. The zero-order valence-electron chi connectivity index (χ0n) is 17.6. The Morgan fingerprint density at radius 3 is 2.47 bits per heavy atom. The number of fused-ring (bicyclic) bond motifs is 1. The molecule has 0 spiro atoms. The minimum absolute atomic E-state index is 0.190. The normalized spacial score (nSPS) is 14.8. The minimum Gasteiger partial charge on any atom is -0.486 e. The fraction of sp³-hybridized carbons (Fsp3) is 0.250. The lowest BCUT2D eigenvalue weighted by Gasteiger charge is -2.27. The summed E-state index contributed by atoms with van der Waals surface area (Å²) in [5.41, 5.74) is 2.37. The molecular formula is C24H21Cl2NO5. The van der Waals surface area contributed by atoms with E-state index in [-0.39, 0.29) is 24.1 Å². The van der Waals surface area contributed by atoms with E-state index in [1.807, 2.05) is 42.7 Å². The van der Waals surface area contributed by atoms with Crippen molar-refractivity contribution < 1.29 is 23.8 Å². The molecule has 32 heavy (non-hydrogen) atoms. The van der Waals surface area contributed by atoms with Crippen molar-refractivity contribution in [2.24, 2.45) is 0 Å². The molecule has 1 unspecified atom stereocenters. The summed E-state index contributed by atoms with van der Waals surface area (Å²) < 4.78 is 19.0. The number of ketones is 1. The summed E-state index contributed by atoms with van der Waals surface area (Å²) in [6.45, 7) is 4.33. The van der Waals surface area contributed by atoms with Gasteiger partial charge in [-0.15, -0.1) is 0 Å². The summed E-state index contributed by atoms with van der Waals surface area (Å²) in [5, 5.41) is 0.631. The van der Waals surface area contributed by atoms with Crippen molar-refractivity contribution >= 4 is 35.0 Å². The quantitative estimate of drug-likeness (QED) is 0.359. The van der Waals surface area contributed by atoms with Crippen molar-refractivity contribution in [3.05, 3.63) is 81.1 Å². The molecule has 6 nitrogen and oxygen atoms in total. The fourth-order valence-electron chi connectivity index (χ4n) is 3.68. The molecule has 1 aliphatic heterocycles. The highest BCUT2D eigenvalue weighted by Gasteiger charge is 2.24. The summed E-state index contributed by atoms with van der Waals surface area (Å²) >= 11 is 11.8. The van der Waals surface area contributed by atoms with Crippen LogP contribution < -0.4 is 9.47 Å². The van der Waals surface area contributed by atoms with Gasteiger partial charge in [0.05, 0.1) is 12.1 Å². The van der Waals surface area contributed by atoms with Crippen LogP contribution in [0, 0.1) is 13.8 Å². The molecule has 0 saturated carbocycles. The fourth-order valence-corrected chi connectivity index (χ4v) is 4.21. The van der Waals surface area contributed by atoms with Crippen LogP contribution in [-0.4, -0.2) is 35.6 Å². The predicted molar refractivity (Wildman–Crippen MR) is 121 cm³/mol. The molecule has 1 aliphatic rings. The number of esters is 1. The molecule has 3 aromatic rings. The van der Waals surface area contributed by atoms with Gasteiger partial charge in [0.2, 0.25) is 5.78 Å². The number of Topliss-reactive ketones (excluding diaryl/α,β-unsaturated/α-hetero) is 1. The van der Waals surface area contributed by atoms with Gasteiger partial charge in [0.25, 0.3) is 0 Å². The second-order valence-corrected chi connectivity index (χ2v) is 8.42. The van der Waals surface area contributed by atoms with Gasteiger partial charge in [-0.1, -0.05) is 35.3 Å². The van der Waals surface area contributed by atoms with E-state index in [2.05, 4.69) is 0 Å². The smallest absolute Gasteiger partial charge is 0.338 e. The summed E-state index contributed by atoms with van der Waals surface area (Å²) in [6, 6.07) is 13.7. The van der Waals surface area contributed by atoms with Crippen LogP contribution in [0.15, 0.2) is 48.5 Å². The first-order valence-corrected chi connectivity index (χ1v) is 10.8. The van der Waals surface area contributed by atoms with Crippen molar-refractivity contribution in [1.29, 1.82) is 0 Å². The number of halogens is 2. The van der Waals surface area contributed by atoms with Gasteiger partial charge in [0.1, 0.15) is 6.61 Å². The summed E-state index contributed by atoms with van der Waals surface area (Å²) in [4.78, 5) is 25.0. The third-order valence-corrected chi connectivity index (χ3v) is 5.70. The Balaban J connectivity index is 1.42. The highest BCUT2D eigenvalue weighted by atomic mass is 35.5. The third kappa shape index (κ3) is 4.76. The molecule has 1 atom stereocenters.